The first-order valence-corrected chi connectivity index (χ1v) is 10.8. The Balaban J connectivity index is 2.61. The summed E-state index contributed by atoms with van der Waals surface area (Å²) in [5, 5.41) is 20.7. The van der Waals surface area contributed by atoms with Crippen LogP contribution in [-0.4, -0.2) is 40.8 Å². The van der Waals surface area contributed by atoms with Crippen molar-refractivity contribution in [1.82, 2.24) is 0 Å². The number of ketones is 1. The number of esters is 1. The van der Waals surface area contributed by atoms with E-state index >= 15 is 0 Å². The van der Waals surface area contributed by atoms with E-state index in [4.69, 9.17) is 0 Å². The highest BCUT2D eigenvalue weighted by atomic mass is 16.5. The lowest BCUT2D eigenvalue weighted by Gasteiger charge is -2.22. The second kappa shape index (κ2) is 12.8. The minimum atomic E-state index is -0.746. The molecule has 0 aromatic heterocycles. The molecule has 0 aliphatic heterocycles. The van der Waals surface area contributed by atoms with E-state index < -0.39 is 11.7 Å². The monoisotopic (exact) mass is 406 g/mol. The predicted molar refractivity (Wildman–Crippen MR) is 114 cm³/mol. The molecule has 0 aromatic carbocycles. The third kappa shape index (κ3) is 9.58. The molecule has 1 aliphatic rings. The van der Waals surface area contributed by atoms with E-state index in [2.05, 4.69) is 17.4 Å². The number of aliphatic hydroxyl groups is 2. The van der Waals surface area contributed by atoms with E-state index in [0.717, 1.165) is 31.3 Å². The molecule has 164 valence electrons. The molecule has 0 radical (unpaired) electrons. The van der Waals surface area contributed by atoms with E-state index in [1.807, 2.05) is 32.1 Å². The van der Waals surface area contributed by atoms with Crippen molar-refractivity contribution in [3.63, 3.8) is 0 Å². The largest absolute Gasteiger partial charge is 0.469 e. The number of unbranched alkanes of at least 4 members (excludes halogenated alkanes) is 1. The molecule has 1 rings (SSSR count). The van der Waals surface area contributed by atoms with E-state index in [0.29, 0.717) is 25.7 Å². The quantitative estimate of drug-likeness (QED) is 0.287. The van der Waals surface area contributed by atoms with Crippen molar-refractivity contribution in [2.45, 2.75) is 90.3 Å². The number of hydrogen-bond donors (Lipinski definition) is 2. The van der Waals surface area contributed by atoms with E-state index in [1.54, 1.807) is 0 Å². The molecule has 29 heavy (non-hydrogen) atoms. The highest BCUT2D eigenvalue weighted by molar-refractivity contribution is 5.84. The average Bonchev–Trinajstić information content (AvgIpc) is 2.94. The number of ether oxygens (including phenoxy) is 1. The summed E-state index contributed by atoms with van der Waals surface area (Å²) in [6.07, 6.45) is 10.8. The molecular formula is C24H38O5. The number of methoxy groups -OCH3 is 1. The van der Waals surface area contributed by atoms with Gasteiger partial charge in [-0.2, -0.15) is 0 Å². The van der Waals surface area contributed by atoms with Crippen LogP contribution in [0.3, 0.4) is 0 Å². The summed E-state index contributed by atoms with van der Waals surface area (Å²) in [5.41, 5.74) is 3.44. The van der Waals surface area contributed by atoms with Crippen molar-refractivity contribution < 1.29 is 24.5 Å². The van der Waals surface area contributed by atoms with Gasteiger partial charge >= 0.3 is 5.97 Å². The zero-order valence-corrected chi connectivity index (χ0v) is 18.4. The number of carbonyl (C=O) groups is 2. The molecule has 5 heteroatoms. The standard InChI is InChI=1S/C24H38O5/c1-5-6-15-24(3,28)16-9-11-19-20(22(26)17-21(19)25)14-13-18(2)10-7-8-12-23(27)29-4/h7,9,11,19-21,25,28H,5-6,8,12-17H2,1-4H3/b11-9+. The van der Waals surface area contributed by atoms with Crippen molar-refractivity contribution in [1.29, 1.82) is 0 Å². The van der Waals surface area contributed by atoms with Crippen LogP contribution in [0.2, 0.25) is 0 Å². The lowest BCUT2D eigenvalue weighted by molar-refractivity contribution is -0.140. The Labute approximate surface area is 175 Å². The fraction of sp³-hybridized carbons (Fsp3) is 0.708. The van der Waals surface area contributed by atoms with Crippen LogP contribution < -0.4 is 0 Å². The third-order valence-corrected chi connectivity index (χ3v) is 5.62. The summed E-state index contributed by atoms with van der Waals surface area (Å²) in [6, 6.07) is 0. The fourth-order valence-electron chi connectivity index (χ4n) is 3.71. The maximum absolute atomic E-state index is 12.3. The molecule has 1 saturated carbocycles. The molecule has 2 N–H and O–H groups in total. The van der Waals surface area contributed by atoms with Gasteiger partial charge in [-0.05, 0) is 57.6 Å². The van der Waals surface area contributed by atoms with Crippen LogP contribution in [0.25, 0.3) is 0 Å². The molecule has 0 aromatic rings. The van der Waals surface area contributed by atoms with Gasteiger partial charge in [-0.15, -0.1) is 5.73 Å². The van der Waals surface area contributed by atoms with Crippen molar-refractivity contribution in [2.24, 2.45) is 11.8 Å². The van der Waals surface area contributed by atoms with E-state index in [9.17, 15) is 19.8 Å². The summed E-state index contributed by atoms with van der Waals surface area (Å²) in [5.74, 6) is -0.531. The number of Topliss-reactive ketones (excluding diaryl/α,β-unsaturated/α-hetero) is 1. The van der Waals surface area contributed by atoms with E-state index in [1.165, 1.54) is 7.11 Å². The fourth-order valence-corrected chi connectivity index (χ4v) is 3.71. The summed E-state index contributed by atoms with van der Waals surface area (Å²) in [7, 11) is 1.37. The molecule has 4 atom stereocenters. The number of hydrogen-bond acceptors (Lipinski definition) is 5. The van der Waals surface area contributed by atoms with Crippen LogP contribution in [0.4, 0.5) is 0 Å². The first-order chi connectivity index (χ1) is 13.7. The normalized spacial score (nSPS) is 23.7. The zero-order chi connectivity index (χ0) is 21.9. The van der Waals surface area contributed by atoms with Crippen LogP contribution >= 0.6 is 0 Å². The molecule has 0 amide bonds. The zero-order valence-electron chi connectivity index (χ0n) is 18.4. The van der Waals surface area contributed by atoms with Crippen LogP contribution in [0, 0.1) is 11.8 Å². The Bertz CT molecular complexity index is 625. The van der Waals surface area contributed by atoms with Gasteiger partial charge in [-0.1, -0.05) is 31.9 Å². The lowest BCUT2D eigenvalue weighted by atomic mass is 9.87. The highest BCUT2D eigenvalue weighted by Crippen LogP contribution is 2.35. The molecule has 1 fully saturated rings. The van der Waals surface area contributed by atoms with Crippen LogP contribution in [0.5, 0.6) is 0 Å². The summed E-state index contributed by atoms with van der Waals surface area (Å²) < 4.78 is 4.60. The Morgan fingerprint density at radius 1 is 1.38 bits per heavy atom. The number of allylic oxidation sites excluding steroid dienone is 1. The maximum atomic E-state index is 12.3. The molecule has 0 saturated heterocycles. The van der Waals surface area contributed by atoms with Crippen molar-refractivity contribution in [3.8, 4) is 0 Å². The van der Waals surface area contributed by atoms with Crippen molar-refractivity contribution in [2.75, 3.05) is 7.11 Å². The summed E-state index contributed by atoms with van der Waals surface area (Å²) >= 11 is 0. The van der Waals surface area contributed by atoms with Gasteiger partial charge in [0, 0.05) is 24.7 Å². The van der Waals surface area contributed by atoms with Gasteiger partial charge in [-0.3, -0.25) is 9.59 Å². The average molecular weight is 407 g/mol. The molecule has 0 bridgehead atoms. The predicted octanol–water partition coefficient (Wildman–Crippen LogP) is 4.27. The topological polar surface area (TPSA) is 83.8 Å². The Kier molecular flexibility index (Phi) is 11.2. The van der Waals surface area contributed by atoms with Gasteiger partial charge in [0.25, 0.3) is 0 Å². The number of carbonyl (C=O) groups excluding carboxylic acids is 2. The first kappa shape index (κ1) is 25.4. The number of rotatable bonds is 12. The van der Waals surface area contributed by atoms with Crippen molar-refractivity contribution >= 4 is 11.8 Å². The van der Waals surface area contributed by atoms with Gasteiger partial charge in [0.2, 0.25) is 0 Å². The smallest absolute Gasteiger partial charge is 0.305 e. The minimum Gasteiger partial charge on any atom is -0.469 e. The van der Waals surface area contributed by atoms with Crippen LogP contribution in [0.15, 0.2) is 29.5 Å². The van der Waals surface area contributed by atoms with Gasteiger partial charge in [0.1, 0.15) is 5.78 Å². The first-order valence-electron chi connectivity index (χ1n) is 10.8. The van der Waals surface area contributed by atoms with Crippen molar-refractivity contribution in [3.05, 3.63) is 29.5 Å². The Hall–Kier alpha value is -1.68. The Morgan fingerprint density at radius 3 is 2.76 bits per heavy atom. The van der Waals surface area contributed by atoms with Gasteiger partial charge < -0.3 is 14.9 Å². The number of aliphatic hydroxyl groups excluding tert-OH is 1. The molecule has 4 unspecified atom stereocenters. The van der Waals surface area contributed by atoms with E-state index in [-0.39, 0.29) is 30.0 Å². The summed E-state index contributed by atoms with van der Waals surface area (Å²) in [6.45, 7) is 5.89. The SMILES string of the molecule is CCCCC(C)(O)C/C=C/C1C(O)CC(=O)C1CCC(C)=C=CCCC(=O)OC. The maximum Gasteiger partial charge on any atom is 0.305 e. The van der Waals surface area contributed by atoms with Crippen LogP contribution in [0.1, 0.15) is 78.6 Å². The van der Waals surface area contributed by atoms with Gasteiger partial charge in [0.15, 0.2) is 0 Å². The second-order valence-corrected chi connectivity index (χ2v) is 8.44. The molecular weight excluding hydrogens is 368 g/mol. The summed E-state index contributed by atoms with van der Waals surface area (Å²) in [4.78, 5) is 23.4. The second-order valence-electron chi connectivity index (χ2n) is 8.44. The lowest BCUT2D eigenvalue weighted by Crippen LogP contribution is -2.23. The van der Waals surface area contributed by atoms with Gasteiger partial charge in [0.05, 0.1) is 18.8 Å². The highest BCUT2D eigenvalue weighted by Gasteiger charge is 2.39. The van der Waals surface area contributed by atoms with Crippen LogP contribution in [-0.2, 0) is 14.3 Å². The molecule has 0 heterocycles. The third-order valence-electron chi connectivity index (χ3n) is 5.62. The molecule has 0 spiro atoms. The van der Waals surface area contributed by atoms with Gasteiger partial charge in [-0.25, -0.2) is 0 Å². The minimum absolute atomic E-state index is 0.104. The Morgan fingerprint density at radius 2 is 2.10 bits per heavy atom. The molecule has 1 aliphatic carbocycles. The molecule has 5 nitrogen and oxygen atoms in total.